The lowest BCUT2D eigenvalue weighted by Crippen LogP contribution is -2.54. The van der Waals surface area contributed by atoms with Crippen molar-refractivity contribution in [2.75, 3.05) is 6.54 Å². The third-order valence-corrected chi connectivity index (χ3v) is 3.53. The van der Waals surface area contributed by atoms with Crippen LogP contribution in [0.15, 0.2) is 0 Å². The molecule has 1 aliphatic carbocycles. The van der Waals surface area contributed by atoms with Crippen LogP contribution >= 0.6 is 0 Å². The minimum Gasteiger partial charge on any atom is -0.481 e. The zero-order chi connectivity index (χ0) is 13.9. The molecule has 0 spiro atoms. The van der Waals surface area contributed by atoms with E-state index in [9.17, 15) is 9.59 Å². The van der Waals surface area contributed by atoms with Crippen LogP contribution in [0.1, 0.15) is 40.0 Å². The molecule has 2 unspecified atom stereocenters. The number of carbonyl (C=O) groups excluding carboxylic acids is 1. The van der Waals surface area contributed by atoms with Crippen molar-refractivity contribution in [3.63, 3.8) is 0 Å². The largest absolute Gasteiger partial charge is 0.481 e. The van der Waals surface area contributed by atoms with E-state index >= 15 is 0 Å². The molecule has 1 fully saturated rings. The monoisotopic (exact) mass is 256 g/mol. The van der Waals surface area contributed by atoms with Crippen molar-refractivity contribution in [3.05, 3.63) is 0 Å². The standard InChI is InChI=1S/C13H24N2O3/c1-8(2)6-9(11(16)17)7-15-12(18)13(3,14)10-4-5-10/h8-10H,4-7,14H2,1-3H3,(H,15,18)(H,16,17). The maximum Gasteiger partial charge on any atom is 0.308 e. The predicted octanol–water partition coefficient (Wildman–Crippen LogP) is 0.977. The van der Waals surface area contributed by atoms with Gasteiger partial charge in [0, 0.05) is 6.54 Å². The highest BCUT2D eigenvalue weighted by Crippen LogP contribution is 2.38. The molecule has 1 saturated carbocycles. The molecule has 2 atom stereocenters. The molecule has 0 aromatic rings. The number of hydrogen-bond acceptors (Lipinski definition) is 3. The van der Waals surface area contributed by atoms with Gasteiger partial charge in [-0.25, -0.2) is 0 Å². The topological polar surface area (TPSA) is 92.4 Å². The van der Waals surface area contributed by atoms with E-state index in [0.29, 0.717) is 6.42 Å². The van der Waals surface area contributed by atoms with Crippen LogP contribution in [0.5, 0.6) is 0 Å². The first-order valence-electron chi connectivity index (χ1n) is 6.55. The van der Waals surface area contributed by atoms with Crippen LogP contribution in [0.2, 0.25) is 0 Å². The quantitative estimate of drug-likeness (QED) is 0.633. The lowest BCUT2D eigenvalue weighted by Gasteiger charge is -2.24. The van der Waals surface area contributed by atoms with Crippen LogP contribution < -0.4 is 11.1 Å². The maximum atomic E-state index is 11.9. The number of hydrogen-bond donors (Lipinski definition) is 3. The van der Waals surface area contributed by atoms with Gasteiger partial charge in [0.25, 0.3) is 0 Å². The van der Waals surface area contributed by atoms with Crippen molar-refractivity contribution in [1.29, 1.82) is 0 Å². The summed E-state index contributed by atoms with van der Waals surface area (Å²) in [5.74, 6) is -1.11. The molecule has 104 valence electrons. The number of carboxylic acid groups (broad SMARTS) is 1. The van der Waals surface area contributed by atoms with Crippen molar-refractivity contribution < 1.29 is 14.7 Å². The molecular weight excluding hydrogens is 232 g/mol. The van der Waals surface area contributed by atoms with Gasteiger partial charge in [-0.1, -0.05) is 13.8 Å². The second-order valence-corrected chi connectivity index (χ2v) is 5.93. The summed E-state index contributed by atoms with van der Waals surface area (Å²) in [6.07, 6.45) is 2.52. The van der Waals surface area contributed by atoms with Crippen LogP contribution in [-0.4, -0.2) is 29.1 Å². The number of carbonyl (C=O) groups is 2. The van der Waals surface area contributed by atoms with Crippen LogP contribution in [0.3, 0.4) is 0 Å². The summed E-state index contributed by atoms with van der Waals surface area (Å²) in [5.41, 5.74) is 5.11. The normalized spacial score (nSPS) is 20.3. The average Bonchev–Trinajstić information content (AvgIpc) is 3.06. The Morgan fingerprint density at radius 1 is 1.44 bits per heavy atom. The number of nitrogens with one attached hydrogen (secondary N) is 1. The van der Waals surface area contributed by atoms with E-state index in [1.54, 1.807) is 6.92 Å². The third kappa shape index (κ3) is 3.98. The highest BCUT2D eigenvalue weighted by atomic mass is 16.4. The van der Waals surface area contributed by atoms with E-state index in [1.165, 1.54) is 0 Å². The Labute approximate surface area is 108 Å². The Kier molecular flexibility index (Phi) is 4.73. The molecule has 5 heteroatoms. The van der Waals surface area contributed by atoms with Gasteiger partial charge in [-0.05, 0) is 38.0 Å². The molecule has 1 rings (SSSR count). The van der Waals surface area contributed by atoms with E-state index in [-0.39, 0.29) is 24.3 Å². The van der Waals surface area contributed by atoms with E-state index in [1.807, 2.05) is 13.8 Å². The summed E-state index contributed by atoms with van der Waals surface area (Å²) >= 11 is 0. The number of nitrogens with two attached hydrogens (primary N) is 1. The highest BCUT2D eigenvalue weighted by molar-refractivity contribution is 5.86. The zero-order valence-corrected chi connectivity index (χ0v) is 11.4. The third-order valence-electron chi connectivity index (χ3n) is 3.53. The summed E-state index contributed by atoms with van der Waals surface area (Å²) in [5, 5.41) is 11.8. The van der Waals surface area contributed by atoms with Crippen molar-refractivity contribution in [2.45, 2.75) is 45.6 Å². The van der Waals surface area contributed by atoms with Gasteiger partial charge in [-0.15, -0.1) is 0 Å². The summed E-state index contributed by atoms with van der Waals surface area (Å²) in [6.45, 7) is 5.81. The Bertz CT molecular complexity index is 322. The molecule has 0 radical (unpaired) electrons. The van der Waals surface area contributed by atoms with Gasteiger partial charge in [0.05, 0.1) is 11.5 Å². The molecule has 4 N–H and O–H groups in total. The van der Waals surface area contributed by atoms with Gasteiger partial charge in [-0.2, -0.15) is 0 Å². The van der Waals surface area contributed by atoms with Crippen LogP contribution in [-0.2, 0) is 9.59 Å². The minimum atomic E-state index is -0.867. The van der Waals surface area contributed by atoms with Crippen LogP contribution in [0.25, 0.3) is 0 Å². The molecule has 0 aromatic heterocycles. The predicted molar refractivity (Wildman–Crippen MR) is 68.9 cm³/mol. The van der Waals surface area contributed by atoms with E-state index < -0.39 is 17.4 Å². The van der Waals surface area contributed by atoms with E-state index in [2.05, 4.69) is 5.32 Å². The molecule has 0 aliphatic heterocycles. The summed E-state index contributed by atoms with van der Waals surface area (Å²) < 4.78 is 0. The van der Waals surface area contributed by atoms with Crippen molar-refractivity contribution >= 4 is 11.9 Å². The fourth-order valence-electron chi connectivity index (χ4n) is 2.12. The van der Waals surface area contributed by atoms with Crippen molar-refractivity contribution in [3.8, 4) is 0 Å². The van der Waals surface area contributed by atoms with Gasteiger partial charge < -0.3 is 16.2 Å². The SMILES string of the molecule is CC(C)CC(CNC(=O)C(C)(N)C1CC1)C(=O)O. The summed E-state index contributed by atoms with van der Waals surface area (Å²) in [4.78, 5) is 23.0. The molecule has 18 heavy (non-hydrogen) atoms. The Morgan fingerprint density at radius 3 is 2.39 bits per heavy atom. The zero-order valence-electron chi connectivity index (χ0n) is 11.4. The molecule has 0 heterocycles. The number of aliphatic carboxylic acids is 1. The smallest absolute Gasteiger partial charge is 0.308 e. The minimum absolute atomic E-state index is 0.159. The first kappa shape index (κ1) is 15.0. The Hall–Kier alpha value is -1.10. The first-order chi connectivity index (χ1) is 8.25. The lowest BCUT2D eigenvalue weighted by molar-refractivity contribution is -0.142. The summed E-state index contributed by atoms with van der Waals surface area (Å²) in [7, 11) is 0. The van der Waals surface area contributed by atoms with E-state index in [0.717, 1.165) is 12.8 Å². The van der Waals surface area contributed by atoms with Crippen LogP contribution in [0.4, 0.5) is 0 Å². The fourth-order valence-corrected chi connectivity index (χ4v) is 2.12. The van der Waals surface area contributed by atoms with Crippen molar-refractivity contribution in [1.82, 2.24) is 5.32 Å². The number of carboxylic acids is 1. The van der Waals surface area contributed by atoms with Gasteiger partial charge in [0.2, 0.25) is 5.91 Å². The molecule has 5 nitrogen and oxygen atoms in total. The van der Waals surface area contributed by atoms with Gasteiger partial charge >= 0.3 is 5.97 Å². The molecule has 0 bridgehead atoms. The van der Waals surface area contributed by atoms with Gasteiger partial charge in [-0.3, -0.25) is 9.59 Å². The number of rotatable bonds is 7. The second kappa shape index (κ2) is 5.69. The van der Waals surface area contributed by atoms with E-state index in [4.69, 9.17) is 10.8 Å². The van der Waals surface area contributed by atoms with Crippen LogP contribution in [0, 0.1) is 17.8 Å². The molecule has 0 aromatic carbocycles. The van der Waals surface area contributed by atoms with Gasteiger partial charge in [0.1, 0.15) is 0 Å². The first-order valence-corrected chi connectivity index (χ1v) is 6.55. The Balaban J connectivity index is 2.46. The highest BCUT2D eigenvalue weighted by Gasteiger charge is 2.44. The molecule has 1 aliphatic rings. The molecule has 0 saturated heterocycles. The average molecular weight is 256 g/mol. The Morgan fingerprint density at radius 2 is 2.00 bits per heavy atom. The van der Waals surface area contributed by atoms with Crippen molar-refractivity contribution in [2.24, 2.45) is 23.5 Å². The lowest BCUT2D eigenvalue weighted by atomic mass is 9.94. The second-order valence-electron chi connectivity index (χ2n) is 5.93. The summed E-state index contributed by atoms with van der Waals surface area (Å²) in [6, 6.07) is 0. The fraction of sp³-hybridized carbons (Fsp3) is 0.846. The number of amides is 1. The maximum absolute atomic E-state index is 11.9. The van der Waals surface area contributed by atoms with Gasteiger partial charge in [0.15, 0.2) is 0 Å². The molecule has 1 amide bonds. The molecular formula is C13H24N2O3.